The van der Waals surface area contributed by atoms with E-state index in [1.165, 1.54) is 10.9 Å². The van der Waals surface area contributed by atoms with Crippen LogP contribution in [-0.4, -0.2) is 25.8 Å². The van der Waals surface area contributed by atoms with Gasteiger partial charge in [0.25, 0.3) is 6.43 Å². The molecular weight excluding hydrogens is 328 g/mol. The number of carboxylic acid groups (broad SMARTS) is 1. The van der Waals surface area contributed by atoms with Crippen LogP contribution in [0, 0.1) is 0 Å². The zero-order valence-corrected chi connectivity index (χ0v) is 12.3. The van der Waals surface area contributed by atoms with Crippen molar-refractivity contribution in [2.24, 2.45) is 0 Å². The van der Waals surface area contributed by atoms with Gasteiger partial charge in [-0.2, -0.15) is 5.10 Å². The number of hydrogen-bond donors (Lipinski definition) is 1. The van der Waals surface area contributed by atoms with Gasteiger partial charge in [0.05, 0.1) is 17.1 Å². The first kappa shape index (κ1) is 15.4. The minimum Gasteiger partial charge on any atom is -0.478 e. The van der Waals surface area contributed by atoms with E-state index < -0.39 is 23.7 Å². The Morgan fingerprint density at radius 1 is 1.35 bits per heavy atom. The number of pyridine rings is 1. The molecule has 0 aliphatic carbocycles. The lowest BCUT2D eigenvalue weighted by atomic mass is 10.1. The van der Waals surface area contributed by atoms with Crippen LogP contribution in [0.25, 0.3) is 10.9 Å². The lowest BCUT2D eigenvalue weighted by Crippen LogP contribution is -2.01. The lowest BCUT2D eigenvalue weighted by molar-refractivity contribution is 0.0684. The number of hydrogen-bond acceptors (Lipinski definition) is 3. The smallest absolute Gasteiger partial charge is 0.339 e. The van der Waals surface area contributed by atoms with Gasteiger partial charge in [-0.05, 0) is 23.8 Å². The van der Waals surface area contributed by atoms with Gasteiger partial charge in [-0.15, -0.1) is 0 Å². The molecule has 0 saturated carbocycles. The molecule has 0 saturated heterocycles. The van der Waals surface area contributed by atoms with Crippen molar-refractivity contribution in [3.63, 3.8) is 0 Å². The van der Waals surface area contributed by atoms with E-state index in [0.29, 0.717) is 5.02 Å². The molecule has 1 aromatic carbocycles. The largest absolute Gasteiger partial charge is 0.478 e. The molecule has 2 aromatic heterocycles. The first-order valence-corrected chi connectivity index (χ1v) is 6.95. The maximum absolute atomic E-state index is 12.8. The summed E-state index contributed by atoms with van der Waals surface area (Å²) in [5.41, 5.74) is 0.286. The molecule has 3 aromatic rings. The summed E-state index contributed by atoms with van der Waals surface area (Å²) in [6.07, 6.45) is -0.308. The minimum absolute atomic E-state index is 0.162. The number of aromatic nitrogens is 3. The summed E-state index contributed by atoms with van der Waals surface area (Å²) in [5, 5.41) is 13.9. The van der Waals surface area contributed by atoms with Crippen molar-refractivity contribution in [2.45, 2.75) is 13.0 Å². The first-order valence-electron chi connectivity index (χ1n) is 6.57. The Kier molecular flexibility index (Phi) is 3.96. The topological polar surface area (TPSA) is 68.0 Å². The number of benzene rings is 1. The standard InChI is InChI=1S/C15H10ClF2N3O2/c16-10-4-9-3-8(1-2-12(9)19-5-10)6-21-7-11(15(22)23)13(20-21)14(17)18/h1-5,7,14H,6H2,(H,22,23). The highest BCUT2D eigenvalue weighted by atomic mass is 35.5. The van der Waals surface area contributed by atoms with Gasteiger partial charge in [-0.3, -0.25) is 9.67 Å². The normalized spacial score (nSPS) is 11.3. The summed E-state index contributed by atoms with van der Waals surface area (Å²) in [5.74, 6) is -1.43. The molecular formula is C15H10ClF2N3O2. The van der Waals surface area contributed by atoms with Gasteiger partial charge in [0.1, 0.15) is 11.3 Å². The van der Waals surface area contributed by atoms with Crippen molar-refractivity contribution in [3.8, 4) is 0 Å². The monoisotopic (exact) mass is 337 g/mol. The molecule has 23 heavy (non-hydrogen) atoms. The summed E-state index contributed by atoms with van der Waals surface area (Å²) in [4.78, 5) is 15.2. The quantitative estimate of drug-likeness (QED) is 0.787. The fraction of sp³-hybridized carbons (Fsp3) is 0.133. The summed E-state index contributed by atoms with van der Waals surface area (Å²) in [7, 11) is 0. The van der Waals surface area contributed by atoms with Crippen molar-refractivity contribution in [3.05, 3.63) is 58.5 Å². The summed E-state index contributed by atoms with van der Waals surface area (Å²) >= 11 is 5.90. The summed E-state index contributed by atoms with van der Waals surface area (Å²) < 4.78 is 26.8. The number of carboxylic acids is 1. The van der Waals surface area contributed by atoms with E-state index >= 15 is 0 Å². The molecule has 8 heteroatoms. The highest BCUT2D eigenvalue weighted by Crippen LogP contribution is 2.23. The van der Waals surface area contributed by atoms with Crippen molar-refractivity contribution >= 4 is 28.5 Å². The maximum atomic E-state index is 12.8. The summed E-state index contributed by atoms with van der Waals surface area (Å²) in [6, 6.07) is 7.09. The molecule has 0 unspecified atom stereocenters. The predicted octanol–water partition coefficient (Wildman–Crippen LogP) is 3.77. The summed E-state index contributed by atoms with van der Waals surface area (Å²) in [6.45, 7) is 0.162. The molecule has 0 atom stereocenters. The van der Waals surface area contributed by atoms with Crippen LogP contribution in [0.2, 0.25) is 5.02 Å². The Bertz CT molecular complexity index is 896. The van der Waals surface area contributed by atoms with E-state index in [2.05, 4.69) is 10.1 Å². The van der Waals surface area contributed by atoms with E-state index in [9.17, 15) is 13.6 Å². The molecule has 0 radical (unpaired) electrons. The van der Waals surface area contributed by atoms with E-state index in [0.717, 1.165) is 22.7 Å². The second kappa shape index (κ2) is 5.92. The van der Waals surface area contributed by atoms with Crippen molar-refractivity contribution in [2.75, 3.05) is 0 Å². The maximum Gasteiger partial charge on any atom is 0.339 e. The van der Waals surface area contributed by atoms with Gasteiger partial charge in [-0.25, -0.2) is 13.6 Å². The fourth-order valence-corrected chi connectivity index (χ4v) is 2.45. The van der Waals surface area contributed by atoms with Gasteiger partial charge in [0, 0.05) is 17.8 Å². The van der Waals surface area contributed by atoms with Crippen LogP contribution in [0.3, 0.4) is 0 Å². The fourth-order valence-electron chi connectivity index (χ4n) is 2.28. The van der Waals surface area contributed by atoms with Crippen LogP contribution < -0.4 is 0 Å². The van der Waals surface area contributed by atoms with Gasteiger partial charge >= 0.3 is 5.97 Å². The van der Waals surface area contributed by atoms with Gasteiger partial charge in [0.15, 0.2) is 0 Å². The highest BCUT2D eigenvalue weighted by Gasteiger charge is 2.22. The van der Waals surface area contributed by atoms with Crippen LogP contribution in [0.15, 0.2) is 36.7 Å². The average molecular weight is 338 g/mol. The van der Waals surface area contributed by atoms with Crippen LogP contribution in [-0.2, 0) is 6.54 Å². The van der Waals surface area contributed by atoms with E-state index in [4.69, 9.17) is 16.7 Å². The second-order valence-corrected chi connectivity index (χ2v) is 5.35. The molecule has 0 aliphatic heterocycles. The molecule has 0 spiro atoms. The Labute approximate surface area is 134 Å². The van der Waals surface area contributed by atoms with Crippen molar-refractivity contribution in [1.82, 2.24) is 14.8 Å². The number of alkyl halides is 2. The van der Waals surface area contributed by atoms with Crippen LogP contribution in [0.1, 0.15) is 28.0 Å². The number of aromatic carboxylic acids is 1. The van der Waals surface area contributed by atoms with Crippen molar-refractivity contribution in [1.29, 1.82) is 0 Å². The van der Waals surface area contributed by atoms with E-state index in [1.54, 1.807) is 24.3 Å². The van der Waals surface area contributed by atoms with Gasteiger partial charge in [-0.1, -0.05) is 17.7 Å². The van der Waals surface area contributed by atoms with Crippen molar-refractivity contribution < 1.29 is 18.7 Å². The van der Waals surface area contributed by atoms with Gasteiger partial charge in [0.2, 0.25) is 0 Å². The number of fused-ring (bicyclic) bond motifs is 1. The Hall–Kier alpha value is -2.54. The number of carbonyl (C=O) groups is 1. The molecule has 0 bridgehead atoms. The molecule has 118 valence electrons. The third-order valence-corrected chi connectivity index (χ3v) is 3.49. The molecule has 0 amide bonds. The predicted molar refractivity (Wildman–Crippen MR) is 80.0 cm³/mol. The number of halogens is 3. The molecule has 1 N–H and O–H groups in total. The second-order valence-electron chi connectivity index (χ2n) is 4.91. The zero-order chi connectivity index (χ0) is 16.6. The molecule has 2 heterocycles. The third-order valence-electron chi connectivity index (χ3n) is 3.28. The van der Waals surface area contributed by atoms with Crippen LogP contribution in [0.4, 0.5) is 8.78 Å². The van der Waals surface area contributed by atoms with Crippen LogP contribution in [0.5, 0.6) is 0 Å². The Balaban J connectivity index is 1.95. The zero-order valence-electron chi connectivity index (χ0n) is 11.6. The SMILES string of the molecule is O=C(O)c1cn(Cc2ccc3ncc(Cl)cc3c2)nc1C(F)F. The first-order chi connectivity index (χ1) is 10.9. The van der Waals surface area contributed by atoms with E-state index in [-0.39, 0.29) is 6.54 Å². The highest BCUT2D eigenvalue weighted by molar-refractivity contribution is 6.31. The lowest BCUT2D eigenvalue weighted by Gasteiger charge is -2.04. The number of rotatable bonds is 4. The molecule has 5 nitrogen and oxygen atoms in total. The number of nitrogens with zero attached hydrogens (tertiary/aromatic N) is 3. The average Bonchev–Trinajstić information content (AvgIpc) is 2.91. The van der Waals surface area contributed by atoms with E-state index in [1.807, 2.05) is 0 Å². The Morgan fingerprint density at radius 2 is 2.13 bits per heavy atom. The third kappa shape index (κ3) is 3.14. The molecule has 0 fully saturated rings. The molecule has 0 aliphatic rings. The minimum atomic E-state index is -2.94. The van der Waals surface area contributed by atoms with Crippen LogP contribution >= 0.6 is 11.6 Å². The molecule has 3 rings (SSSR count). The van der Waals surface area contributed by atoms with Gasteiger partial charge < -0.3 is 5.11 Å². The Morgan fingerprint density at radius 3 is 2.78 bits per heavy atom.